The molecule has 0 amide bonds. The number of Topliss-reactive ketones (excluding diaryl/α,β-unsaturated/α-hetero) is 1. The van der Waals surface area contributed by atoms with E-state index in [1.54, 1.807) is 20.8 Å². The van der Waals surface area contributed by atoms with Crippen molar-refractivity contribution in [3.8, 4) is 0 Å². The van der Waals surface area contributed by atoms with Gasteiger partial charge in [0.15, 0.2) is 12.4 Å². The molecule has 0 aliphatic carbocycles. The molecule has 6 nitrogen and oxygen atoms in total. The van der Waals surface area contributed by atoms with Gasteiger partial charge in [0.2, 0.25) is 10.0 Å². The first kappa shape index (κ1) is 19.9. The first-order valence-electron chi connectivity index (χ1n) is 8.01. The molecular weight excluding hydrogens is 366 g/mol. The van der Waals surface area contributed by atoms with Crippen LogP contribution < -0.4 is 0 Å². The molecule has 1 heterocycles. The predicted molar refractivity (Wildman–Crippen MR) is 93.8 cm³/mol. The molecule has 1 fully saturated rings. The second-order valence-electron chi connectivity index (χ2n) is 7.01. The third-order valence-corrected chi connectivity index (χ3v) is 6.25. The Labute approximate surface area is 153 Å². The van der Waals surface area contributed by atoms with Crippen molar-refractivity contribution in [2.24, 2.45) is 5.41 Å². The van der Waals surface area contributed by atoms with Gasteiger partial charge >= 0.3 is 5.97 Å². The molecule has 8 heteroatoms. The van der Waals surface area contributed by atoms with Crippen molar-refractivity contribution in [1.29, 1.82) is 0 Å². The molecule has 0 unspecified atom stereocenters. The van der Waals surface area contributed by atoms with Gasteiger partial charge in [0.25, 0.3) is 0 Å². The SMILES string of the molecule is CC(C)(C)C(=O)COC(=O)[C@@H]1CCCN1S(=O)(=O)c1ccc(Cl)cc1. The molecule has 0 aromatic heterocycles. The van der Waals surface area contributed by atoms with Crippen molar-refractivity contribution >= 4 is 33.4 Å². The summed E-state index contributed by atoms with van der Waals surface area (Å²) in [6.45, 7) is 5.08. The second-order valence-corrected chi connectivity index (χ2v) is 9.34. The second kappa shape index (κ2) is 7.43. The average Bonchev–Trinajstić information content (AvgIpc) is 3.02. The number of halogens is 1. The minimum absolute atomic E-state index is 0.0716. The van der Waals surface area contributed by atoms with Crippen LogP contribution in [0.1, 0.15) is 33.6 Å². The van der Waals surface area contributed by atoms with Crippen LogP contribution in [0.15, 0.2) is 29.2 Å². The van der Waals surface area contributed by atoms with E-state index in [1.165, 1.54) is 24.3 Å². The number of carbonyl (C=O) groups excluding carboxylic acids is 2. The summed E-state index contributed by atoms with van der Waals surface area (Å²) in [6, 6.07) is 4.87. The van der Waals surface area contributed by atoms with Gasteiger partial charge in [0.1, 0.15) is 6.04 Å². The highest BCUT2D eigenvalue weighted by atomic mass is 35.5. The summed E-state index contributed by atoms with van der Waals surface area (Å²) in [5.41, 5.74) is -0.620. The number of ketones is 1. The molecule has 25 heavy (non-hydrogen) atoms. The van der Waals surface area contributed by atoms with E-state index in [4.69, 9.17) is 16.3 Å². The summed E-state index contributed by atoms with van der Waals surface area (Å²) < 4.78 is 31.8. The normalized spacial score (nSPS) is 19.0. The highest BCUT2D eigenvalue weighted by Gasteiger charge is 2.40. The molecular formula is C17H22ClNO5S. The van der Waals surface area contributed by atoms with Crippen LogP contribution in [-0.2, 0) is 24.3 Å². The van der Waals surface area contributed by atoms with Crippen LogP contribution in [0.25, 0.3) is 0 Å². The Kier molecular flexibility index (Phi) is 5.91. The number of hydrogen-bond donors (Lipinski definition) is 0. The Hall–Kier alpha value is -1.44. The van der Waals surface area contributed by atoms with Gasteiger partial charge in [-0.2, -0.15) is 4.31 Å². The smallest absolute Gasteiger partial charge is 0.324 e. The number of rotatable bonds is 5. The number of ether oxygens (including phenoxy) is 1. The summed E-state index contributed by atoms with van der Waals surface area (Å²) in [4.78, 5) is 24.3. The minimum Gasteiger partial charge on any atom is -0.456 e. The van der Waals surface area contributed by atoms with E-state index in [2.05, 4.69) is 0 Å². The molecule has 0 saturated carbocycles. The Morgan fingerprint density at radius 2 is 1.84 bits per heavy atom. The van der Waals surface area contributed by atoms with Gasteiger partial charge in [-0.1, -0.05) is 32.4 Å². The highest BCUT2D eigenvalue weighted by molar-refractivity contribution is 7.89. The lowest BCUT2D eigenvalue weighted by atomic mass is 9.91. The van der Waals surface area contributed by atoms with Crippen LogP contribution in [0, 0.1) is 5.41 Å². The van der Waals surface area contributed by atoms with Gasteiger partial charge in [-0.25, -0.2) is 8.42 Å². The van der Waals surface area contributed by atoms with Crippen LogP contribution in [0.2, 0.25) is 5.02 Å². The number of sulfonamides is 1. The van der Waals surface area contributed by atoms with Crippen molar-refractivity contribution in [3.63, 3.8) is 0 Å². The van der Waals surface area contributed by atoms with Crippen molar-refractivity contribution in [2.75, 3.05) is 13.2 Å². The first-order valence-corrected chi connectivity index (χ1v) is 9.82. The van der Waals surface area contributed by atoms with Crippen molar-refractivity contribution in [1.82, 2.24) is 4.31 Å². The zero-order chi connectivity index (χ0) is 18.8. The Morgan fingerprint density at radius 3 is 2.40 bits per heavy atom. The van der Waals surface area contributed by atoms with Gasteiger partial charge in [0, 0.05) is 17.0 Å². The first-order chi connectivity index (χ1) is 11.5. The third kappa shape index (κ3) is 4.59. The van der Waals surface area contributed by atoms with Gasteiger partial charge in [0.05, 0.1) is 4.90 Å². The molecule has 1 atom stereocenters. The lowest BCUT2D eigenvalue weighted by Gasteiger charge is -2.23. The van der Waals surface area contributed by atoms with E-state index in [-0.39, 0.29) is 23.8 Å². The fourth-order valence-corrected chi connectivity index (χ4v) is 4.23. The Balaban J connectivity index is 2.12. The molecule has 138 valence electrons. The van der Waals surface area contributed by atoms with Crippen molar-refractivity contribution < 1.29 is 22.7 Å². The molecule has 1 saturated heterocycles. The molecule has 1 aromatic rings. The maximum Gasteiger partial charge on any atom is 0.324 e. The van der Waals surface area contributed by atoms with E-state index in [9.17, 15) is 18.0 Å². The molecule has 1 aliphatic heterocycles. The summed E-state index contributed by atoms with van der Waals surface area (Å²) in [5.74, 6) is -0.904. The maximum absolute atomic E-state index is 12.8. The van der Waals surface area contributed by atoms with Gasteiger partial charge in [-0.15, -0.1) is 0 Å². The van der Waals surface area contributed by atoms with Crippen LogP contribution in [-0.4, -0.2) is 43.7 Å². The average molecular weight is 388 g/mol. The minimum atomic E-state index is -3.83. The lowest BCUT2D eigenvalue weighted by molar-refractivity contribution is -0.153. The number of carbonyl (C=O) groups is 2. The van der Waals surface area contributed by atoms with Crippen LogP contribution in [0.4, 0.5) is 0 Å². The number of benzene rings is 1. The summed E-state index contributed by atoms with van der Waals surface area (Å²) in [5, 5.41) is 0.428. The topological polar surface area (TPSA) is 80.8 Å². The molecule has 0 spiro atoms. The largest absolute Gasteiger partial charge is 0.456 e. The molecule has 2 rings (SSSR count). The molecule has 0 radical (unpaired) electrons. The zero-order valence-electron chi connectivity index (χ0n) is 14.5. The van der Waals surface area contributed by atoms with E-state index >= 15 is 0 Å². The predicted octanol–water partition coefficient (Wildman–Crippen LogP) is 2.65. The quantitative estimate of drug-likeness (QED) is 0.725. The highest BCUT2D eigenvalue weighted by Crippen LogP contribution is 2.27. The van der Waals surface area contributed by atoms with E-state index in [0.717, 1.165) is 4.31 Å². The zero-order valence-corrected chi connectivity index (χ0v) is 16.1. The summed E-state index contributed by atoms with van der Waals surface area (Å²) >= 11 is 5.79. The molecule has 0 bridgehead atoms. The van der Waals surface area contributed by atoms with E-state index < -0.39 is 27.4 Å². The standard InChI is InChI=1S/C17H22ClNO5S/c1-17(2,3)15(20)11-24-16(21)14-5-4-10-19(14)25(22,23)13-8-6-12(18)7-9-13/h6-9,14H,4-5,10-11H2,1-3H3/t14-/m0/s1. The lowest BCUT2D eigenvalue weighted by Crippen LogP contribution is -2.42. The summed E-state index contributed by atoms with van der Waals surface area (Å²) in [7, 11) is -3.83. The molecule has 0 N–H and O–H groups in total. The Morgan fingerprint density at radius 1 is 1.24 bits per heavy atom. The number of esters is 1. The van der Waals surface area contributed by atoms with E-state index in [0.29, 0.717) is 17.9 Å². The maximum atomic E-state index is 12.8. The Bertz CT molecular complexity index is 752. The molecule has 1 aliphatic rings. The number of nitrogens with zero attached hydrogens (tertiary/aromatic N) is 1. The fraction of sp³-hybridized carbons (Fsp3) is 0.529. The number of hydrogen-bond acceptors (Lipinski definition) is 5. The van der Waals surface area contributed by atoms with Gasteiger partial charge in [-0.05, 0) is 37.1 Å². The van der Waals surface area contributed by atoms with Crippen LogP contribution in [0.3, 0.4) is 0 Å². The third-order valence-electron chi connectivity index (χ3n) is 4.08. The van der Waals surface area contributed by atoms with E-state index in [1.807, 2.05) is 0 Å². The van der Waals surface area contributed by atoms with Crippen molar-refractivity contribution in [2.45, 2.75) is 44.6 Å². The van der Waals surface area contributed by atoms with Crippen LogP contribution in [0.5, 0.6) is 0 Å². The fourth-order valence-electron chi connectivity index (χ4n) is 2.45. The van der Waals surface area contributed by atoms with Crippen LogP contribution >= 0.6 is 11.6 Å². The van der Waals surface area contributed by atoms with Crippen molar-refractivity contribution in [3.05, 3.63) is 29.3 Å². The molecule has 1 aromatic carbocycles. The monoisotopic (exact) mass is 387 g/mol. The van der Waals surface area contributed by atoms with Gasteiger partial charge < -0.3 is 4.74 Å². The van der Waals surface area contributed by atoms with Gasteiger partial charge in [-0.3, -0.25) is 9.59 Å². The summed E-state index contributed by atoms with van der Waals surface area (Å²) in [6.07, 6.45) is 0.926.